The van der Waals surface area contributed by atoms with E-state index in [9.17, 15) is 0 Å². The number of hydrogen-bond acceptors (Lipinski definition) is 2. The van der Waals surface area contributed by atoms with Gasteiger partial charge in [0.2, 0.25) is 0 Å². The fourth-order valence-electron chi connectivity index (χ4n) is 1.79. The molecule has 0 fully saturated rings. The third-order valence-corrected chi connectivity index (χ3v) is 3.68. The summed E-state index contributed by atoms with van der Waals surface area (Å²) in [5, 5.41) is 1.15. The molecule has 0 spiro atoms. The maximum absolute atomic E-state index is 6.17. The summed E-state index contributed by atoms with van der Waals surface area (Å²) in [6, 6.07) is 11.1. The van der Waals surface area contributed by atoms with Gasteiger partial charge in [0.25, 0.3) is 0 Å². The highest BCUT2D eigenvalue weighted by atomic mass is 35.5. The lowest BCUT2D eigenvalue weighted by Crippen LogP contribution is -2.12. The van der Waals surface area contributed by atoms with Crippen molar-refractivity contribution in [2.75, 3.05) is 0 Å². The Morgan fingerprint density at radius 3 is 2.60 bits per heavy atom. The van der Waals surface area contributed by atoms with Crippen LogP contribution in [0.2, 0.25) is 10.0 Å². The van der Waals surface area contributed by atoms with Crippen LogP contribution in [0.25, 0.3) is 0 Å². The number of hydrogen-bond donors (Lipinski definition) is 1. The third-order valence-electron chi connectivity index (χ3n) is 2.81. The van der Waals surface area contributed by atoms with Gasteiger partial charge in [-0.2, -0.15) is 0 Å². The Bertz CT molecular complexity index is 658. The van der Waals surface area contributed by atoms with Gasteiger partial charge in [0.05, 0.1) is 10.6 Å². The summed E-state index contributed by atoms with van der Waals surface area (Å²) < 4.78 is 5.75. The first-order valence-corrected chi connectivity index (χ1v) is 7.11. The van der Waals surface area contributed by atoms with Crippen LogP contribution in [0.3, 0.4) is 0 Å². The van der Waals surface area contributed by atoms with Gasteiger partial charge in [-0.15, -0.1) is 0 Å². The Balaban J connectivity index is 2.23. The van der Waals surface area contributed by atoms with Crippen LogP contribution in [-0.2, 0) is 6.61 Å². The Morgan fingerprint density at radius 1 is 1.20 bits per heavy atom. The van der Waals surface area contributed by atoms with Crippen molar-refractivity contribution in [2.24, 2.45) is 5.73 Å². The zero-order chi connectivity index (χ0) is 14.7. The van der Waals surface area contributed by atoms with Gasteiger partial charge in [0.15, 0.2) is 0 Å². The van der Waals surface area contributed by atoms with Gasteiger partial charge in [-0.25, -0.2) is 0 Å². The summed E-state index contributed by atoms with van der Waals surface area (Å²) in [5.41, 5.74) is 8.22. The minimum absolute atomic E-state index is 0.209. The zero-order valence-corrected chi connectivity index (χ0v) is 13.1. The lowest BCUT2D eigenvalue weighted by atomic mass is 10.1. The molecule has 0 radical (unpaired) electrons. The van der Waals surface area contributed by atoms with Gasteiger partial charge >= 0.3 is 0 Å². The quantitative estimate of drug-likeness (QED) is 0.839. The molecule has 2 aromatic rings. The molecule has 0 atom stereocenters. The van der Waals surface area contributed by atoms with E-state index in [1.807, 2.05) is 25.1 Å². The molecule has 2 N–H and O–H groups in total. The Kier molecular flexibility index (Phi) is 4.86. The van der Waals surface area contributed by atoms with Crippen molar-refractivity contribution in [1.29, 1.82) is 0 Å². The van der Waals surface area contributed by atoms with Crippen LogP contribution in [-0.4, -0.2) is 4.99 Å². The SMILES string of the molecule is Cc1ccc(COc2cccc(Cl)c2C(N)=S)c(Cl)c1. The second-order valence-electron chi connectivity index (χ2n) is 4.36. The molecule has 20 heavy (non-hydrogen) atoms. The van der Waals surface area contributed by atoms with Crippen molar-refractivity contribution in [3.63, 3.8) is 0 Å². The monoisotopic (exact) mass is 325 g/mol. The average molecular weight is 326 g/mol. The summed E-state index contributed by atoms with van der Waals surface area (Å²) in [4.78, 5) is 0.209. The van der Waals surface area contributed by atoms with Crippen LogP contribution in [0.1, 0.15) is 16.7 Å². The lowest BCUT2D eigenvalue weighted by Gasteiger charge is -2.13. The number of aryl methyl sites for hydroxylation is 1. The van der Waals surface area contributed by atoms with Crippen molar-refractivity contribution in [2.45, 2.75) is 13.5 Å². The second kappa shape index (κ2) is 6.44. The molecule has 2 aromatic carbocycles. The highest BCUT2D eigenvalue weighted by molar-refractivity contribution is 7.80. The Morgan fingerprint density at radius 2 is 1.95 bits per heavy atom. The fourth-order valence-corrected chi connectivity index (χ4v) is 2.61. The summed E-state index contributed by atoms with van der Waals surface area (Å²) in [6.45, 7) is 2.31. The highest BCUT2D eigenvalue weighted by Gasteiger charge is 2.11. The number of nitrogens with two attached hydrogens (primary N) is 1. The van der Waals surface area contributed by atoms with Crippen molar-refractivity contribution in [1.82, 2.24) is 0 Å². The molecule has 0 aliphatic heterocycles. The van der Waals surface area contributed by atoms with E-state index in [4.69, 9.17) is 45.9 Å². The van der Waals surface area contributed by atoms with Crippen LogP contribution in [0.4, 0.5) is 0 Å². The smallest absolute Gasteiger partial charge is 0.131 e. The molecule has 0 unspecified atom stereocenters. The van der Waals surface area contributed by atoms with Crippen LogP contribution >= 0.6 is 35.4 Å². The molecule has 0 saturated heterocycles. The molecule has 0 heterocycles. The summed E-state index contributed by atoms with van der Waals surface area (Å²) in [6.07, 6.45) is 0. The van der Waals surface area contributed by atoms with Crippen LogP contribution in [0.5, 0.6) is 5.75 Å². The first kappa shape index (κ1) is 15.1. The molecule has 0 amide bonds. The number of rotatable bonds is 4. The first-order valence-electron chi connectivity index (χ1n) is 5.95. The van der Waals surface area contributed by atoms with E-state index in [0.717, 1.165) is 11.1 Å². The Hall–Kier alpha value is -1.29. The zero-order valence-electron chi connectivity index (χ0n) is 10.8. The lowest BCUT2D eigenvalue weighted by molar-refractivity contribution is 0.306. The van der Waals surface area contributed by atoms with Crippen molar-refractivity contribution in [3.8, 4) is 5.75 Å². The fraction of sp³-hybridized carbons (Fsp3) is 0.133. The van der Waals surface area contributed by atoms with Gasteiger partial charge in [0.1, 0.15) is 17.3 Å². The van der Waals surface area contributed by atoms with Crippen LogP contribution < -0.4 is 10.5 Å². The molecule has 5 heteroatoms. The second-order valence-corrected chi connectivity index (χ2v) is 5.61. The summed E-state index contributed by atoms with van der Waals surface area (Å²) >= 11 is 17.3. The average Bonchev–Trinajstić information content (AvgIpc) is 2.37. The molecule has 0 bridgehead atoms. The number of thiocarbonyl (C=S) groups is 1. The van der Waals surface area contributed by atoms with Gasteiger partial charge in [-0.3, -0.25) is 0 Å². The van der Waals surface area contributed by atoms with E-state index >= 15 is 0 Å². The maximum atomic E-state index is 6.17. The van der Waals surface area contributed by atoms with E-state index in [1.165, 1.54) is 0 Å². The minimum Gasteiger partial charge on any atom is -0.488 e. The van der Waals surface area contributed by atoms with Crippen LogP contribution in [0, 0.1) is 6.92 Å². The van der Waals surface area contributed by atoms with Crippen molar-refractivity contribution in [3.05, 3.63) is 63.1 Å². The van der Waals surface area contributed by atoms with Gasteiger partial charge in [-0.05, 0) is 30.7 Å². The predicted octanol–water partition coefficient (Wildman–Crippen LogP) is 4.52. The highest BCUT2D eigenvalue weighted by Crippen LogP contribution is 2.28. The van der Waals surface area contributed by atoms with Gasteiger partial charge in [-0.1, -0.05) is 53.6 Å². The van der Waals surface area contributed by atoms with E-state index in [2.05, 4.69) is 0 Å². The van der Waals surface area contributed by atoms with E-state index < -0.39 is 0 Å². The standard InChI is InChI=1S/C15H13Cl2NOS/c1-9-5-6-10(12(17)7-9)8-19-13-4-2-3-11(16)14(13)15(18)20/h2-7H,8H2,1H3,(H2,18,20). The molecule has 0 aliphatic rings. The van der Waals surface area contributed by atoms with Crippen LogP contribution in [0.15, 0.2) is 36.4 Å². The van der Waals surface area contributed by atoms with Gasteiger partial charge in [0, 0.05) is 10.6 Å². The molecule has 2 nitrogen and oxygen atoms in total. The molecule has 104 valence electrons. The van der Waals surface area contributed by atoms with Crippen molar-refractivity contribution < 1.29 is 4.74 Å². The third kappa shape index (κ3) is 3.42. The molecular weight excluding hydrogens is 313 g/mol. The minimum atomic E-state index is 0.209. The maximum Gasteiger partial charge on any atom is 0.131 e. The van der Waals surface area contributed by atoms with E-state index in [0.29, 0.717) is 28.0 Å². The predicted molar refractivity (Wildman–Crippen MR) is 87.9 cm³/mol. The topological polar surface area (TPSA) is 35.2 Å². The largest absolute Gasteiger partial charge is 0.488 e. The van der Waals surface area contributed by atoms with E-state index in [1.54, 1.807) is 18.2 Å². The molecule has 0 saturated carbocycles. The normalized spacial score (nSPS) is 10.3. The molecular formula is C15H13Cl2NOS. The molecule has 2 rings (SSSR count). The first-order chi connectivity index (χ1) is 9.49. The molecule has 0 aliphatic carbocycles. The van der Waals surface area contributed by atoms with Crippen molar-refractivity contribution >= 4 is 40.4 Å². The summed E-state index contributed by atoms with van der Waals surface area (Å²) in [7, 11) is 0. The number of benzene rings is 2. The molecule has 0 aromatic heterocycles. The summed E-state index contributed by atoms with van der Waals surface area (Å²) in [5.74, 6) is 0.557. The van der Waals surface area contributed by atoms with Gasteiger partial charge < -0.3 is 10.5 Å². The number of halogens is 2. The Labute approximate surface area is 133 Å². The number of ether oxygens (including phenoxy) is 1. The van der Waals surface area contributed by atoms with E-state index in [-0.39, 0.29) is 4.99 Å².